The molecule has 5 nitrogen and oxygen atoms in total. The van der Waals surface area contributed by atoms with Crippen LogP contribution < -0.4 is 0 Å². The van der Waals surface area contributed by atoms with Gasteiger partial charge >= 0.3 is 0 Å². The number of aliphatic hydroxyl groups excluding tert-OH is 2. The molecule has 3 rings (SSSR count). The number of carbonyl (C=O) groups is 1. The summed E-state index contributed by atoms with van der Waals surface area (Å²) >= 11 is 0. The first kappa shape index (κ1) is 11.7. The molecule has 0 aliphatic heterocycles. The highest BCUT2D eigenvalue weighted by Crippen LogP contribution is 2.35. The van der Waals surface area contributed by atoms with Crippen LogP contribution in [0.15, 0.2) is 42.2 Å². The van der Waals surface area contributed by atoms with E-state index in [-0.39, 0.29) is 11.1 Å². The van der Waals surface area contributed by atoms with Gasteiger partial charge in [0.25, 0.3) is 5.79 Å². The minimum atomic E-state index is -3.08. The lowest BCUT2D eigenvalue weighted by molar-refractivity contribution is -0.116. The third-order valence-electron chi connectivity index (χ3n) is 3.26. The molecular weight excluding hydrogens is 248 g/mol. The van der Waals surface area contributed by atoms with Crippen LogP contribution >= 0.6 is 0 Å². The van der Waals surface area contributed by atoms with Crippen molar-refractivity contribution in [1.82, 2.24) is 0 Å². The van der Waals surface area contributed by atoms with Crippen molar-refractivity contribution in [3.8, 4) is 0 Å². The number of hydrogen-bond donors (Lipinski definition) is 4. The van der Waals surface area contributed by atoms with Crippen LogP contribution in [0, 0.1) is 0 Å². The van der Waals surface area contributed by atoms with Crippen LogP contribution in [0.25, 0.3) is 16.5 Å². The molecule has 0 fully saturated rings. The van der Waals surface area contributed by atoms with Crippen molar-refractivity contribution >= 4 is 22.3 Å². The molecule has 0 unspecified atom stereocenters. The lowest BCUT2D eigenvalue weighted by Crippen LogP contribution is -2.44. The summed E-state index contributed by atoms with van der Waals surface area (Å²) in [5.41, 5.74) is 0.0407. The summed E-state index contributed by atoms with van der Waals surface area (Å²) in [6, 6.07) is 10.1. The Balaban J connectivity index is 2.41. The van der Waals surface area contributed by atoms with Gasteiger partial charge in [-0.15, -0.1) is 0 Å². The maximum Gasteiger partial charge on any atom is 0.292 e. The molecule has 0 saturated heterocycles. The predicted molar refractivity (Wildman–Crippen MR) is 67.6 cm³/mol. The van der Waals surface area contributed by atoms with Crippen molar-refractivity contribution in [3.05, 3.63) is 53.3 Å². The maximum atomic E-state index is 11.9. The highest BCUT2D eigenvalue weighted by Gasteiger charge is 2.46. The Kier molecular flexibility index (Phi) is 2.20. The summed E-state index contributed by atoms with van der Waals surface area (Å²) in [5, 5.41) is 39.9. The summed E-state index contributed by atoms with van der Waals surface area (Å²) in [7, 11) is 0. The number of aliphatic hydroxyl groups is 4. The molecule has 19 heavy (non-hydrogen) atoms. The molecule has 2 aromatic carbocycles. The first-order valence-electron chi connectivity index (χ1n) is 5.58. The number of benzene rings is 2. The molecule has 5 heteroatoms. The van der Waals surface area contributed by atoms with Crippen molar-refractivity contribution in [2.45, 2.75) is 5.79 Å². The minimum Gasteiger partial charge on any atom is -0.504 e. The Morgan fingerprint density at radius 1 is 0.895 bits per heavy atom. The molecule has 1 aliphatic carbocycles. The van der Waals surface area contributed by atoms with E-state index in [2.05, 4.69) is 0 Å². The SMILES string of the molecule is O=C1c2cc3ccccc3cc2C(O)=C(O)C1(O)O. The highest BCUT2D eigenvalue weighted by atomic mass is 16.5. The number of hydrogen-bond acceptors (Lipinski definition) is 5. The fourth-order valence-electron chi connectivity index (χ4n) is 2.21. The van der Waals surface area contributed by atoms with Gasteiger partial charge in [-0.05, 0) is 22.9 Å². The van der Waals surface area contributed by atoms with Gasteiger partial charge in [0.05, 0.1) is 0 Å². The summed E-state index contributed by atoms with van der Waals surface area (Å²) < 4.78 is 0. The Morgan fingerprint density at radius 3 is 2.00 bits per heavy atom. The maximum absolute atomic E-state index is 11.9. The summed E-state index contributed by atoms with van der Waals surface area (Å²) in [5.74, 6) is -6.01. The molecule has 2 aromatic rings. The van der Waals surface area contributed by atoms with Crippen LogP contribution in [0.2, 0.25) is 0 Å². The first-order valence-corrected chi connectivity index (χ1v) is 5.58. The second-order valence-electron chi connectivity index (χ2n) is 4.44. The summed E-state index contributed by atoms with van der Waals surface area (Å²) in [4.78, 5) is 11.9. The van der Waals surface area contributed by atoms with E-state index >= 15 is 0 Å². The highest BCUT2D eigenvalue weighted by molar-refractivity contribution is 6.11. The van der Waals surface area contributed by atoms with E-state index < -0.39 is 23.1 Å². The quantitative estimate of drug-likeness (QED) is 0.537. The molecule has 0 heterocycles. The average molecular weight is 258 g/mol. The molecule has 96 valence electrons. The van der Waals surface area contributed by atoms with Gasteiger partial charge in [-0.25, -0.2) is 0 Å². The van der Waals surface area contributed by atoms with Crippen LogP contribution in [-0.4, -0.2) is 32.0 Å². The standard InChI is InChI=1S/C14H10O5/c15-11-9-5-7-3-1-2-4-8(7)6-10(9)12(16)14(18,19)13(11)17/h1-6,15,17-19H. The van der Waals surface area contributed by atoms with Gasteiger partial charge in [-0.2, -0.15) is 0 Å². The van der Waals surface area contributed by atoms with E-state index in [9.17, 15) is 25.2 Å². The topological polar surface area (TPSA) is 98.0 Å². The molecule has 0 bridgehead atoms. The van der Waals surface area contributed by atoms with Crippen LogP contribution in [-0.2, 0) is 0 Å². The minimum absolute atomic E-state index is 0.0426. The average Bonchev–Trinajstić information content (AvgIpc) is 2.42. The van der Waals surface area contributed by atoms with E-state index in [1.165, 1.54) is 12.1 Å². The largest absolute Gasteiger partial charge is 0.504 e. The lowest BCUT2D eigenvalue weighted by atomic mass is 9.87. The van der Waals surface area contributed by atoms with Gasteiger partial charge in [0.1, 0.15) is 0 Å². The number of fused-ring (bicyclic) bond motifs is 2. The Bertz CT molecular complexity index is 743. The molecule has 0 radical (unpaired) electrons. The predicted octanol–water partition coefficient (Wildman–Crippen LogP) is 1.50. The Hall–Kier alpha value is -2.37. The molecule has 0 atom stereocenters. The van der Waals surface area contributed by atoms with E-state index in [0.29, 0.717) is 0 Å². The molecule has 0 aromatic heterocycles. The molecule has 0 spiro atoms. The van der Waals surface area contributed by atoms with Gasteiger partial charge in [0.2, 0.25) is 11.5 Å². The Morgan fingerprint density at radius 2 is 1.42 bits per heavy atom. The van der Waals surface area contributed by atoms with Crippen molar-refractivity contribution in [1.29, 1.82) is 0 Å². The van der Waals surface area contributed by atoms with Gasteiger partial charge in [0, 0.05) is 11.1 Å². The first-order chi connectivity index (χ1) is 8.93. The molecule has 1 aliphatic rings. The monoisotopic (exact) mass is 258 g/mol. The summed E-state index contributed by atoms with van der Waals surface area (Å²) in [6.45, 7) is 0. The number of Topliss-reactive ketones (excluding diaryl/α,β-unsaturated/α-hetero) is 1. The van der Waals surface area contributed by atoms with Crippen LogP contribution in [0.1, 0.15) is 15.9 Å². The van der Waals surface area contributed by atoms with E-state index in [1.807, 2.05) is 0 Å². The number of carbonyl (C=O) groups excluding carboxylic acids is 1. The van der Waals surface area contributed by atoms with Crippen molar-refractivity contribution < 1.29 is 25.2 Å². The zero-order valence-electron chi connectivity index (χ0n) is 9.66. The molecule has 4 N–H and O–H groups in total. The third-order valence-corrected chi connectivity index (χ3v) is 3.26. The van der Waals surface area contributed by atoms with Crippen molar-refractivity contribution in [2.24, 2.45) is 0 Å². The zero-order valence-corrected chi connectivity index (χ0v) is 9.66. The van der Waals surface area contributed by atoms with Gasteiger partial charge in [-0.1, -0.05) is 24.3 Å². The number of ketones is 1. The second-order valence-corrected chi connectivity index (χ2v) is 4.44. The second kappa shape index (κ2) is 3.57. The van der Waals surface area contributed by atoms with Gasteiger partial charge in [0.15, 0.2) is 5.76 Å². The van der Waals surface area contributed by atoms with E-state index in [1.54, 1.807) is 24.3 Å². The number of rotatable bonds is 0. The fraction of sp³-hybridized carbons (Fsp3) is 0.0714. The van der Waals surface area contributed by atoms with Crippen molar-refractivity contribution in [3.63, 3.8) is 0 Å². The molecular formula is C14H10O5. The third kappa shape index (κ3) is 1.46. The smallest absolute Gasteiger partial charge is 0.292 e. The normalized spacial score (nSPS) is 17.7. The van der Waals surface area contributed by atoms with Crippen molar-refractivity contribution in [2.75, 3.05) is 0 Å². The molecule has 0 saturated carbocycles. The summed E-state index contributed by atoms with van der Waals surface area (Å²) in [6.07, 6.45) is 0. The van der Waals surface area contributed by atoms with Crippen LogP contribution in [0.3, 0.4) is 0 Å². The lowest BCUT2D eigenvalue weighted by Gasteiger charge is -2.26. The van der Waals surface area contributed by atoms with E-state index in [0.717, 1.165) is 10.8 Å². The zero-order chi connectivity index (χ0) is 13.8. The van der Waals surface area contributed by atoms with Crippen LogP contribution in [0.4, 0.5) is 0 Å². The van der Waals surface area contributed by atoms with Gasteiger partial charge in [-0.3, -0.25) is 4.79 Å². The van der Waals surface area contributed by atoms with Crippen LogP contribution in [0.5, 0.6) is 0 Å². The van der Waals surface area contributed by atoms with Gasteiger partial charge < -0.3 is 20.4 Å². The molecule has 0 amide bonds. The van der Waals surface area contributed by atoms with E-state index in [4.69, 9.17) is 0 Å². The fourth-order valence-corrected chi connectivity index (χ4v) is 2.21. The Labute approximate surface area is 107 Å².